The Hall–Kier alpha value is -6.36. The minimum absolute atomic E-state index is 0.536. The maximum absolute atomic E-state index is 11.0. The molecule has 2 unspecified atom stereocenters. The third-order valence-electron chi connectivity index (χ3n) is 9.90. The van der Waals surface area contributed by atoms with E-state index in [1.165, 1.54) is 62.2 Å². The topological polar surface area (TPSA) is 84.3 Å². The Kier molecular flexibility index (Phi) is 12.2. The fraction of sp³-hybridized carbons (Fsp3) is 0.102. The molecule has 0 saturated heterocycles. The molecule has 6 N–H and O–H groups in total. The average molecular weight is 694 g/mol. The fourth-order valence-corrected chi connectivity index (χ4v) is 7.49. The molecule has 2 atom stereocenters. The second-order valence-electron chi connectivity index (χ2n) is 13.3. The second kappa shape index (κ2) is 17.7. The normalized spacial score (nSPS) is 22.3. The maximum atomic E-state index is 11.0. The maximum Gasteiger partial charge on any atom is 0.0836 e. The van der Waals surface area contributed by atoms with Gasteiger partial charge in [-0.05, 0) is 105 Å². The van der Waals surface area contributed by atoms with E-state index in [2.05, 4.69) is 133 Å². The quantitative estimate of drug-likeness (QED) is 0.0701. The standard InChI is InChI=1S/C43H36O.C6H11N3/c1-31-13-4-3-11-26-43(37(30-44)20-9-7-14-31)41-29-36(35-19-12-17-33(28-35)27-32-15-5-2-6-16-32)23-24-39(41)40-25-22-34-18-8-10-21-38(34)42(40)43;7-5-3-1-2-4-6-9-8/h2-15,17-25,28-30,32,44H,1,16,26-27H2;1-6,9H,7-8H2/b11-3-,13-4-,14-7-,20-9-,37-30-;2-1-,5-3+,6-4-. The average Bonchev–Trinajstić information content (AvgIpc) is 3.48. The molecule has 0 saturated carbocycles. The van der Waals surface area contributed by atoms with Crippen molar-refractivity contribution in [3.8, 4) is 22.3 Å². The molecule has 3 aliphatic carbocycles. The van der Waals surface area contributed by atoms with Crippen LogP contribution < -0.4 is 17.0 Å². The summed E-state index contributed by atoms with van der Waals surface area (Å²) in [4.78, 5) is 0. The molecule has 0 bridgehead atoms. The molecule has 53 heavy (non-hydrogen) atoms. The summed E-state index contributed by atoms with van der Waals surface area (Å²) in [6.45, 7) is 4.11. The molecule has 4 aromatic rings. The molecule has 7 rings (SSSR count). The number of hydrazine groups is 1. The van der Waals surface area contributed by atoms with Crippen LogP contribution in [0.1, 0.15) is 29.5 Å². The molecule has 1 spiro atoms. The Morgan fingerprint density at radius 2 is 1.55 bits per heavy atom. The molecule has 0 aliphatic heterocycles. The van der Waals surface area contributed by atoms with E-state index < -0.39 is 5.41 Å². The number of hydrogen-bond acceptors (Lipinski definition) is 4. The number of hydrogen-bond donors (Lipinski definition) is 4. The first-order valence-corrected chi connectivity index (χ1v) is 18.1. The van der Waals surface area contributed by atoms with Crippen LogP contribution >= 0.6 is 0 Å². The first-order chi connectivity index (χ1) is 26.1. The number of aliphatic hydroxyl groups excluding tert-OH is 1. The van der Waals surface area contributed by atoms with Gasteiger partial charge < -0.3 is 16.3 Å². The molecule has 264 valence electrons. The third-order valence-corrected chi connectivity index (χ3v) is 9.90. The summed E-state index contributed by atoms with van der Waals surface area (Å²) < 4.78 is 0. The molecule has 3 aliphatic rings. The SMILES string of the molecule is C=C1/C=C\C=C/CC2(C(=C\O)/C=C\C=C/1)c1cc(-c3cccc(CC4C=CC=CC4)c3)ccc1-c1ccc3ccccc3c12.N/C=C/C=C\C=C/NN. The summed E-state index contributed by atoms with van der Waals surface area (Å²) in [5, 5.41) is 13.4. The van der Waals surface area contributed by atoms with Gasteiger partial charge in [0.15, 0.2) is 0 Å². The Labute approximate surface area is 313 Å². The van der Waals surface area contributed by atoms with E-state index in [0.717, 1.165) is 24.0 Å². The number of benzene rings is 4. The zero-order chi connectivity index (χ0) is 36.9. The highest BCUT2D eigenvalue weighted by molar-refractivity contribution is 5.99. The molecule has 0 fully saturated rings. The van der Waals surface area contributed by atoms with E-state index >= 15 is 0 Å². The van der Waals surface area contributed by atoms with E-state index in [1.807, 2.05) is 36.5 Å². The largest absolute Gasteiger partial charge is 0.515 e. The first kappa shape index (κ1) is 36.4. The Morgan fingerprint density at radius 3 is 2.36 bits per heavy atom. The highest BCUT2D eigenvalue weighted by atomic mass is 16.2. The van der Waals surface area contributed by atoms with Gasteiger partial charge in [0.05, 0.1) is 11.7 Å². The minimum Gasteiger partial charge on any atom is -0.515 e. The number of rotatable bonds is 6. The third kappa shape index (κ3) is 8.25. The van der Waals surface area contributed by atoms with Gasteiger partial charge in [-0.25, -0.2) is 0 Å². The van der Waals surface area contributed by atoms with E-state index in [-0.39, 0.29) is 0 Å². The van der Waals surface area contributed by atoms with Crippen LogP contribution in [0.15, 0.2) is 212 Å². The Bertz CT molecular complexity index is 2250. The summed E-state index contributed by atoms with van der Waals surface area (Å²) in [5.41, 5.74) is 17.3. The van der Waals surface area contributed by atoms with Gasteiger partial charge in [0.2, 0.25) is 0 Å². The van der Waals surface area contributed by atoms with Crippen LogP contribution in [0.25, 0.3) is 33.0 Å². The van der Waals surface area contributed by atoms with Crippen molar-refractivity contribution < 1.29 is 5.11 Å². The van der Waals surface area contributed by atoms with Crippen molar-refractivity contribution in [2.45, 2.75) is 24.7 Å². The fourth-order valence-electron chi connectivity index (χ4n) is 7.49. The molecular formula is C49H47N3O. The number of nitrogens with one attached hydrogen (secondary N) is 1. The summed E-state index contributed by atoms with van der Waals surface area (Å²) >= 11 is 0. The van der Waals surface area contributed by atoms with Gasteiger partial charge >= 0.3 is 0 Å². The van der Waals surface area contributed by atoms with Crippen molar-refractivity contribution in [2.24, 2.45) is 17.5 Å². The number of aliphatic hydroxyl groups is 1. The van der Waals surface area contributed by atoms with Gasteiger partial charge in [0, 0.05) is 11.8 Å². The Balaban J connectivity index is 0.000000475. The van der Waals surface area contributed by atoms with Crippen LogP contribution in [0.2, 0.25) is 0 Å². The van der Waals surface area contributed by atoms with E-state index in [9.17, 15) is 5.11 Å². The molecular weight excluding hydrogens is 647 g/mol. The van der Waals surface area contributed by atoms with Gasteiger partial charge in [-0.3, -0.25) is 5.84 Å². The molecule has 4 heteroatoms. The van der Waals surface area contributed by atoms with Crippen LogP contribution in [-0.4, -0.2) is 5.11 Å². The van der Waals surface area contributed by atoms with Gasteiger partial charge in [0.25, 0.3) is 0 Å². The van der Waals surface area contributed by atoms with Crippen molar-refractivity contribution in [2.75, 3.05) is 0 Å². The van der Waals surface area contributed by atoms with Crippen LogP contribution in [0.4, 0.5) is 0 Å². The van der Waals surface area contributed by atoms with Crippen LogP contribution in [0, 0.1) is 5.92 Å². The van der Waals surface area contributed by atoms with Crippen LogP contribution in [-0.2, 0) is 11.8 Å². The molecule has 4 nitrogen and oxygen atoms in total. The van der Waals surface area contributed by atoms with Gasteiger partial charge in [-0.15, -0.1) is 0 Å². The molecule has 4 aromatic carbocycles. The Morgan fingerprint density at radius 1 is 0.774 bits per heavy atom. The van der Waals surface area contributed by atoms with Crippen molar-refractivity contribution >= 4 is 10.8 Å². The first-order valence-electron chi connectivity index (χ1n) is 18.1. The van der Waals surface area contributed by atoms with Crippen LogP contribution in [0.3, 0.4) is 0 Å². The van der Waals surface area contributed by atoms with Gasteiger partial charge in [0.1, 0.15) is 0 Å². The summed E-state index contributed by atoms with van der Waals surface area (Å²) in [5.74, 6) is 5.47. The monoisotopic (exact) mass is 693 g/mol. The highest BCUT2D eigenvalue weighted by Crippen LogP contribution is 2.58. The summed E-state index contributed by atoms with van der Waals surface area (Å²) in [7, 11) is 0. The van der Waals surface area contributed by atoms with Crippen molar-refractivity contribution in [1.82, 2.24) is 5.43 Å². The van der Waals surface area contributed by atoms with Crippen molar-refractivity contribution in [3.05, 3.63) is 229 Å². The molecule has 0 amide bonds. The van der Waals surface area contributed by atoms with Crippen molar-refractivity contribution in [1.29, 1.82) is 0 Å². The molecule has 0 heterocycles. The lowest BCUT2D eigenvalue weighted by atomic mass is 9.68. The smallest absolute Gasteiger partial charge is 0.0836 e. The highest BCUT2D eigenvalue weighted by Gasteiger charge is 2.46. The van der Waals surface area contributed by atoms with E-state index in [4.69, 9.17) is 11.6 Å². The second-order valence-corrected chi connectivity index (χ2v) is 13.3. The summed E-state index contributed by atoms with van der Waals surface area (Å²) in [6, 6.07) is 29.0. The predicted molar refractivity (Wildman–Crippen MR) is 226 cm³/mol. The van der Waals surface area contributed by atoms with Gasteiger partial charge in [-0.2, -0.15) is 0 Å². The van der Waals surface area contributed by atoms with E-state index in [0.29, 0.717) is 12.3 Å². The number of nitrogens with two attached hydrogens (primary N) is 2. The van der Waals surface area contributed by atoms with E-state index in [1.54, 1.807) is 24.4 Å². The van der Waals surface area contributed by atoms with Crippen molar-refractivity contribution in [3.63, 3.8) is 0 Å². The molecule has 0 radical (unpaired) electrons. The number of allylic oxidation sites excluding steroid dienone is 18. The van der Waals surface area contributed by atoms with Crippen LogP contribution in [0.5, 0.6) is 0 Å². The number of fused-ring (bicyclic) bond motifs is 7. The molecule has 0 aromatic heterocycles. The minimum atomic E-state index is -0.585. The van der Waals surface area contributed by atoms with Gasteiger partial charge in [-0.1, -0.05) is 164 Å². The zero-order valence-corrected chi connectivity index (χ0v) is 30.0. The lowest BCUT2D eigenvalue weighted by Gasteiger charge is -2.33. The summed E-state index contributed by atoms with van der Waals surface area (Å²) in [6.07, 6.45) is 39.6. The lowest BCUT2D eigenvalue weighted by molar-refractivity contribution is 0.455. The lowest BCUT2D eigenvalue weighted by Crippen LogP contribution is -2.27. The zero-order valence-electron chi connectivity index (χ0n) is 30.0. The predicted octanol–water partition coefficient (Wildman–Crippen LogP) is 11.1.